The normalized spacial score (nSPS) is 46.2. The zero-order chi connectivity index (χ0) is 82.6. The molecule has 21 nitrogen and oxygen atoms in total. The second-order valence-electron chi connectivity index (χ2n) is 45.0. The van der Waals surface area contributed by atoms with Gasteiger partial charge in [0.15, 0.2) is 25.3 Å². The fourth-order valence-corrected chi connectivity index (χ4v) is 33.9. The van der Waals surface area contributed by atoms with Crippen molar-refractivity contribution < 1.29 is 29.6 Å². The lowest BCUT2D eigenvalue weighted by Gasteiger charge is -2.57. The Labute approximate surface area is 709 Å². The van der Waals surface area contributed by atoms with Crippen LogP contribution in [0, 0.1) is 181 Å². The van der Waals surface area contributed by atoms with E-state index in [0.717, 1.165) is 140 Å². The van der Waals surface area contributed by atoms with Crippen molar-refractivity contribution in [1.82, 2.24) is 80.8 Å². The number of ether oxygens (including phenoxy) is 1. The maximum absolute atomic E-state index is 13.4. The molecule has 0 radical (unpaired) electrons. The van der Waals surface area contributed by atoms with Gasteiger partial charge in [0.1, 0.15) is 12.3 Å². The Morgan fingerprint density at radius 1 is 0.361 bits per heavy atom. The molecule has 0 bridgehead atoms. The highest BCUT2D eigenvalue weighted by molar-refractivity contribution is 5.24. The van der Waals surface area contributed by atoms with Crippen molar-refractivity contribution in [1.29, 1.82) is 0 Å². The molecule has 119 heavy (non-hydrogen) atoms. The van der Waals surface area contributed by atoms with Crippen LogP contribution in [0.4, 0.5) is 4.39 Å². The molecule has 0 aromatic carbocycles. The van der Waals surface area contributed by atoms with Crippen LogP contribution < -0.4 is 0 Å². The van der Waals surface area contributed by atoms with Gasteiger partial charge in [-0.3, -0.25) is 0 Å². The molecule has 4 N–H and O–H groups in total. The number of methoxy groups -OCH3 is 1. The van der Waals surface area contributed by atoms with E-state index in [0.29, 0.717) is 121 Å². The number of nitrogens with zero attached hydrogens (tertiary/aromatic N) is 16. The average Bonchev–Trinajstić information content (AvgIpc) is 1.63. The quantitative estimate of drug-likeness (QED) is 0.0636. The lowest BCUT2D eigenvalue weighted by atomic mass is 9.48. The van der Waals surface area contributed by atoms with Crippen LogP contribution in [0.5, 0.6) is 0 Å². The molecule has 4 heterocycles. The molecule has 21 rings (SSSR count). The molecule has 17 saturated carbocycles. The second-order valence-corrected chi connectivity index (χ2v) is 45.0. The summed E-state index contributed by atoms with van der Waals surface area (Å²) in [5.74, 6) is 25.5. The van der Waals surface area contributed by atoms with Crippen LogP contribution in [0.3, 0.4) is 0 Å². The summed E-state index contributed by atoms with van der Waals surface area (Å²) in [6.45, 7) is 32.9. The Balaban J connectivity index is 0.000000109. The molecular weight excluding hydrogens is 1490 g/mol. The van der Waals surface area contributed by atoms with E-state index in [1.165, 1.54) is 234 Å². The first kappa shape index (κ1) is 84.4. The zero-order valence-corrected chi connectivity index (χ0v) is 73.4. The van der Waals surface area contributed by atoms with Crippen LogP contribution in [0.15, 0.2) is 73.9 Å². The number of rotatable bonds is 15. The molecule has 17 aliphatic carbocycles. The third-order valence-corrected chi connectivity index (χ3v) is 39.1. The topological polar surface area (TPSA) is 265 Å². The molecule has 0 spiro atoms. The van der Waals surface area contributed by atoms with E-state index in [4.69, 9.17) is 4.74 Å². The molecule has 17 fully saturated rings. The third-order valence-electron chi connectivity index (χ3n) is 39.1. The minimum Gasteiger partial charge on any atom is -0.390 e. The summed E-state index contributed by atoms with van der Waals surface area (Å²) in [4.78, 5) is 6.71. The van der Waals surface area contributed by atoms with Gasteiger partial charge < -0.3 is 25.2 Å². The van der Waals surface area contributed by atoms with Crippen molar-refractivity contribution >= 4 is 0 Å². The van der Waals surface area contributed by atoms with E-state index in [2.05, 4.69) is 134 Å². The van der Waals surface area contributed by atoms with Gasteiger partial charge in [-0.05, 0) is 435 Å². The predicted molar refractivity (Wildman–Crippen MR) is 454 cm³/mol. The van der Waals surface area contributed by atoms with Gasteiger partial charge in [-0.15, -0.1) is 40.8 Å². The van der Waals surface area contributed by atoms with Crippen LogP contribution in [0.25, 0.3) is 0 Å². The molecule has 0 amide bonds. The summed E-state index contributed by atoms with van der Waals surface area (Å²) in [6.07, 6.45) is 51.6. The summed E-state index contributed by atoms with van der Waals surface area (Å²) >= 11 is 0. The highest BCUT2D eigenvalue weighted by atomic mass is 19.1. The molecule has 652 valence electrons. The molecule has 4 aromatic rings. The zero-order valence-electron chi connectivity index (χ0n) is 73.4. The van der Waals surface area contributed by atoms with E-state index in [9.17, 15) is 24.8 Å². The highest BCUT2D eigenvalue weighted by Crippen LogP contribution is 2.71. The maximum Gasteiger partial charge on any atom is 0.162 e. The smallest absolute Gasteiger partial charge is 0.162 e. The van der Waals surface area contributed by atoms with Crippen molar-refractivity contribution in [3.05, 3.63) is 73.9 Å². The van der Waals surface area contributed by atoms with Crippen molar-refractivity contribution in [3.8, 4) is 11.8 Å². The Morgan fingerprint density at radius 2 is 0.672 bits per heavy atom. The molecular formula is C97H147FN16O5. The monoisotopic (exact) mass is 1640 g/mol. The van der Waals surface area contributed by atoms with E-state index >= 15 is 0 Å². The highest BCUT2D eigenvalue weighted by Gasteiger charge is 2.64. The summed E-state index contributed by atoms with van der Waals surface area (Å²) < 4.78 is 18.7. The molecule has 0 unspecified atom stereocenters. The summed E-state index contributed by atoms with van der Waals surface area (Å²) in [5, 5.41) is 91.6. The van der Waals surface area contributed by atoms with Crippen molar-refractivity contribution in [2.24, 2.45) is 170 Å². The van der Waals surface area contributed by atoms with Crippen molar-refractivity contribution in [2.45, 2.75) is 327 Å². The largest absolute Gasteiger partial charge is 0.390 e. The summed E-state index contributed by atoms with van der Waals surface area (Å²) in [5.41, 5.74) is 3.85. The lowest BCUT2D eigenvalue weighted by Crippen LogP contribution is -2.52. The predicted octanol–water partition coefficient (Wildman–Crippen LogP) is 17.0. The lowest BCUT2D eigenvalue weighted by molar-refractivity contribution is -0.123. The maximum atomic E-state index is 13.4. The Morgan fingerprint density at radius 3 is 1.00 bits per heavy atom. The molecule has 32 atom stereocenters. The number of hydrogen-bond acceptors (Lipinski definition) is 17. The van der Waals surface area contributed by atoms with Crippen molar-refractivity contribution in [3.63, 3.8) is 0 Å². The van der Waals surface area contributed by atoms with Gasteiger partial charge in [0.2, 0.25) is 0 Å². The number of aliphatic hydroxyl groups is 4. The van der Waals surface area contributed by atoms with Crippen LogP contribution in [0.1, 0.15) is 279 Å². The number of aromatic nitrogens is 16. The molecule has 4 aromatic heterocycles. The fraction of sp³-hybridized carbons (Fsp3) is 0.856. The van der Waals surface area contributed by atoms with Crippen LogP contribution in [-0.2, 0) is 30.9 Å². The number of alkyl halides is 1. The average molecular weight is 1640 g/mol. The molecule has 17 aliphatic rings. The first-order chi connectivity index (χ1) is 57.2. The molecule has 0 saturated heterocycles. The van der Waals surface area contributed by atoms with Gasteiger partial charge in [0.25, 0.3) is 0 Å². The Kier molecular flexibility index (Phi) is 23.7. The van der Waals surface area contributed by atoms with Gasteiger partial charge in [0, 0.05) is 13.0 Å². The van der Waals surface area contributed by atoms with Crippen molar-refractivity contribution in [2.75, 3.05) is 20.4 Å². The summed E-state index contributed by atoms with van der Waals surface area (Å²) in [6, 6.07) is 0. The molecule has 0 aliphatic heterocycles. The fourth-order valence-electron chi connectivity index (χ4n) is 33.9. The van der Waals surface area contributed by atoms with Gasteiger partial charge >= 0.3 is 0 Å². The summed E-state index contributed by atoms with van der Waals surface area (Å²) in [7, 11) is 1.71. The van der Waals surface area contributed by atoms with E-state index in [1.807, 2.05) is 0 Å². The Bertz CT molecular complexity index is 4240. The first-order valence-corrected chi connectivity index (χ1v) is 48.2. The van der Waals surface area contributed by atoms with Crippen LogP contribution in [-0.4, -0.2) is 144 Å². The number of allylic oxidation sites excluding steroid dienone is 4. The van der Waals surface area contributed by atoms with Gasteiger partial charge in [-0.1, -0.05) is 88.1 Å². The van der Waals surface area contributed by atoms with Crippen LogP contribution >= 0.6 is 0 Å². The molecule has 22 heteroatoms. The third kappa shape index (κ3) is 16.3. The number of tetrazole rings is 4. The first-order valence-electron chi connectivity index (χ1n) is 48.2. The minimum absolute atomic E-state index is 0.333. The van der Waals surface area contributed by atoms with E-state index in [-0.39, 0.29) is 0 Å². The number of hydrogen-bond donors (Lipinski definition) is 4. The standard InChI is InChI=1S/C27H38N4O.C24H38N4O2.C23H35FN4O.C23H36N4O/c1-18(16-31-29-17-28-30-31)24-7-8-25-23-6-5-20-15-27(32,13-9-19-3-4-19)14-11-21(20)22(23)10-12-26(24,25)2;1-16(13-28-26-15-25-27-28)21-6-7-22-20-5-4-17-12-24(29,14-30-3)11-9-18(17)19(20)8-10-23(21,22)2;1-15(12-28-26-14-25-27-28)20-5-6-21-19-4-3-16-11-23(29,13-24)10-8-17(16)18(19)7-9-22(20,21)2;1-15(13-27-25-14-24-26-27)20-6-7-21-19-5-4-16-12-22(2,28)10-8-17(16)18(19)9-11-23(20,21)3/h17,19-25,32H,1,3-8,10-12,14-16H2,2H3;15,17-22,29H,1,4-14H2,2-3H3;14,16-21,29H,1,3-13H2,2H3;14,16-21,28H,1,4-13H2,2-3H3/t20-,21-,22+,23+,24+,25-,26+,27-;17-,18-,19+,20+,21+,22-,23+,24-;16-,17-,18+,19+,20+,21-,22+,23-;16-,17-,18+,19+,20+,21-,22-,23+/m0000/s1. The van der Waals surface area contributed by atoms with Gasteiger partial charge in [-0.2, -0.15) is 19.2 Å². The van der Waals surface area contributed by atoms with Gasteiger partial charge in [-0.25, -0.2) is 4.39 Å². The SMILES string of the molecule is C=C(Cn1ncnn1)[C@H]1CC[C@H]2[C@@H]3CC[C@H]4C[C@@](C)(O)CC[C@@H]4[C@H]3CC[C@]12C.C=C(Cn1ncnn1)[C@H]1CC[C@H]2[C@@H]3CC[C@H]4C[C@](O)(C#CC5CC5)CC[C@@H]4[C@H]3CC[C@]12C.C=C(Cn1ncnn1)[C@H]1CC[C@H]2[C@@H]3CC[C@H]4C[C@](O)(CF)CC[C@@H]4[C@H]3CC[C@]12C.C=C(Cn1ncnn1)[C@H]1CC[C@H]2[C@@H]3CC[C@H]4C[C@](O)(COC)CC[C@@H]4[C@H]3CC[C@]12C. The number of fused-ring (bicyclic) bond motifs is 20. The van der Waals surface area contributed by atoms with Crippen LogP contribution in [0.2, 0.25) is 0 Å². The minimum atomic E-state index is -1.04. The number of halogens is 1. The Hall–Kier alpha value is -5.47. The van der Waals surface area contributed by atoms with E-state index in [1.54, 1.807) is 26.3 Å². The van der Waals surface area contributed by atoms with E-state index < -0.39 is 29.1 Å². The second kappa shape index (κ2) is 33.5. The van der Waals surface area contributed by atoms with Gasteiger partial charge in [0.05, 0.1) is 49.6 Å².